The summed E-state index contributed by atoms with van der Waals surface area (Å²) in [5, 5.41) is 20.3. The van der Waals surface area contributed by atoms with Crippen LogP contribution in [0.1, 0.15) is 53.9 Å². The lowest BCUT2D eigenvalue weighted by Crippen LogP contribution is -2.21. The van der Waals surface area contributed by atoms with Gasteiger partial charge in [0.25, 0.3) is 0 Å². The number of carbonyl (C=O) groups is 1. The van der Waals surface area contributed by atoms with E-state index < -0.39 is 12.2 Å². The molecule has 23 heavy (non-hydrogen) atoms. The molecule has 1 saturated carbocycles. The van der Waals surface area contributed by atoms with Crippen molar-refractivity contribution in [1.82, 2.24) is 0 Å². The number of fused-ring (bicyclic) bond motifs is 1. The van der Waals surface area contributed by atoms with E-state index in [9.17, 15) is 15.0 Å². The molecule has 0 aromatic carbocycles. The average molecular weight is 318 g/mol. The molecule has 2 aliphatic carbocycles. The van der Waals surface area contributed by atoms with Crippen LogP contribution in [0.3, 0.4) is 0 Å². The highest BCUT2D eigenvalue weighted by molar-refractivity contribution is 5.99. The van der Waals surface area contributed by atoms with Crippen molar-refractivity contribution < 1.29 is 15.0 Å². The maximum atomic E-state index is 12.3. The molecule has 1 fully saturated rings. The molecule has 2 N–H and O–H groups in total. The number of allylic oxidation sites excluding steroid dienone is 2. The fraction of sp³-hybridized carbons (Fsp3) is 0.650. The molecule has 4 unspecified atom stereocenters. The number of ketones is 1. The maximum absolute atomic E-state index is 12.3. The minimum Gasteiger partial charge on any atom is -0.388 e. The van der Waals surface area contributed by atoms with Crippen LogP contribution < -0.4 is 0 Å². The third-order valence-electron chi connectivity index (χ3n) is 5.71. The smallest absolute Gasteiger partial charge is 0.190 e. The topological polar surface area (TPSA) is 57.5 Å². The summed E-state index contributed by atoms with van der Waals surface area (Å²) in [6, 6.07) is 0. The average Bonchev–Trinajstić information content (AvgIpc) is 3.00. The molecule has 0 bridgehead atoms. The quantitative estimate of drug-likeness (QED) is 0.671. The molecule has 0 spiro atoms. The molecule has 3 heteroatoms. The van der Waals surface area contributed by atoms with E-state index in [0.717, 1.165) is 12.8 Å². The Morgan fingerprint density at radius 2 is 1.78 bits per heavy atom. The number of rotatable bonds is 0. The largest absolute Gasteiger partial charge is 0.388 e. The maximum Gasteiger partial charge on any atom is 0.190 e. The number of aliphatic hydroxyl groups excluding tert-OH is 2. The van der Waals surface area contributed by atoms with Gasteiger partial charge in [-0.2, -0.15) is 0 Å². The highest BCUT2D eigenvalue weighted by Crippen LogP contribution is 2.61. The number of hydrogen-bond donors (Lipinski definition) is 2. The number of hydrogen-bond acceptors (Lipinski definition) is 3. The van der Waals surface area contributed by atoms with Crippen LogP contribution in [0.5, 0.6) is 0 Å². The summed E-state index contributed by atoms with van der Waals surface area (Å²) in [5.74, 6) is 0.725. The lowest BCUT2D eigenvalue weighted by atomic mass is 9.98. The van der Waals surface area contributed by atoms with Crippen LogP contribution in [0, 0.1) is 17.3 Å². The van der Waals surface area contributed by atoms with Crippen LogP contribution >= 0.6 is 0 Å². The zero-order valence-corrected chi connectivity index (χ0v) is 15.0. The molecule has 0 saturated heterocycles. The Bertz CT molecular complexity index is 565. The van der Waals surface area contributed by atoms with Gasteiger partial charge < -0.3 is 10.2 Å². The van der Waals surface area contributed by atoms with Gasteiger partial charge in [-0.1, -0.05) is 31.6 Å². The van der Waals surface area contributed by atoms with E-state index >= 15 is 0 Å². The first-order chi connectivity index (χ1) is 10.6. The Kier molecular flexibility index (Phi) is 5.32. The van der Waals surface area contributed by atoms with Crippen LogP contribution in [-0.4, -0.2) is 28.2 Å². The normalized spacial score (nSPS) is 42.2. The first kappa shape index (κ1) is 18.2. The number of carbonyl (C=O) groups excluding carboxylic acids is 1. The molecule has 2 aliphatic rings. The van der Waals surface area contributed by atoms with Gasteiger partial charge in [0.05, 0.1) is 6.10 Å². The molecule has 0 radical (unpaired) electrons. The van der Waals surface area contributed by atoms with Gasteiger partial charge in [0, 0.05) is 0 Å². The highest BCUT2D eigenvalue weighted by Gasteiger charge is 2.55. The Balaban J connectivity index is 2.30. The van der Waals surface area contributed by atoms with Gasteiger partial charge >= 0.3 is 0 Å². The predicted molar refractivity (Wildman–Crippen MR) is 92.9 cm³/mol. The minimum atomic E-state index is -1.17. The fourth-order valence-corrected chi connectivity index (χ4v) is 3.67. The molecule has 0 aromatic rings. The van der Waals surface area contributed by atoms with Crippen molar-refractivity contribution >= 4 is 5.78 Å². The van der Waals surface area contributed by atoms with Crippen molar-refractivity contribution in [3.05, 3.63) is 34.9 Å². The molecule has 3 nitrogen and oxygen atoms in total. The van der Waals surface area contributed by atoms with Gasteiger partial charge in [-0.05, 0) is 74.5 Å². The van der Waals surface area contributed by atoms with Crippen molar-refractivity contribution in [3.63, 3.8) is 0 Å². The van der Waals surface area contributed by atoms with Crippen LogP contribution in [0.15, 0.2) is 34.9 Å². The first-order valence-electron chi connectivity index (χ1n) is 8.57. The standard InChI is InChI=1S/C20H30O3/c1-12-6-8-15-16(20(15,4)5)10-14(3)19(23)18(22)11-13(2)17(21)9-7-12/h7,10-11,15-18,21-22H,6,8-9H2,1-5H3/b12-7-,13-11-,14-10-. The number of aliphatic hydroxyl groups is 2. The lowest BCUT2D eigenvalue weighted by Gasteiger charge is -2.13. The molecule has 0 heterocycles. The van der Waals surface area contributed by atoms with Crippen LogP contribution in [0.4, 0.5) is 0 Å². The van der Waals surface area contributed by atoms with Gasteiger partial charge in [0.1, 0.15) is 6.10 Å². The molecule has 2 rings (SSSR count). The molecular weight excluding hydrogens is 288 g/mol. The third-order valence-corrected chi connectivity index (χ3v) is 5.71. The lowest BCUT2D eigenvalue weighted by molar-refractivity contribution is -0.121. The van der Waals surface area contributed by atoms with Crippen molar-refractivity contribution in [2.45, 2.75) is 66.1 Å². The zero-order valence-electron chi connectivity index (χ0n) is 15.0. The molecular formula is C20H30O3. The van der Waals surface area contributed by atoms with Crippen LogP contribution in [0.25, 0.3) is 0 Å². The second-order valence-corrected chi connectivity index (χ2v) is 7.86. The summed E-state index contributed by atoms with van der Waals surface area (Å²) in [6.07, 6.45) is 6.44. The van der Waals surface area contributed by atoms with Gasteiger partial charge in [0.15, 0.2) is 5.78 Å². The van der Waals surface area contributed by atoms with Gasteiger partial charge in [-0.3, -0.25) is 4.79 Å². The Morgan fingerprint density at radius 1 is 1.13 bits per heavy atom. The second-order valence-electron chi connectivity index (χ2n) is 7.86. The van der Waals surface area contributed by atoms with Gasteiger partial charge in [-0.25, -0.2) is 0 Å². The van der Waals surface area contributed by atoms with Gasteiger partial charge in [-0.15, -0.1) is 0 Å². The summed E-state index contributed by atoms with van der Waals surface area (Å²) in [7, 11) is 0. The number of Topliss-reactive ketones (excluding diaryl/α,β-unsaturated/α-hetero) is 1. The monoisotopic (exact) mass is 318 g/mol. The van der Waals surface area contributed by atoms with E-state index in [2.05, 4.69) is 26.8 Å². The third kappa shape index (κ3) is 4.02. The molecule has 0 aromatic heterocycles. The van der Waals surface area contributed by atoms with E-state index in [1.54, 1.807) is 13.8 Å². The summed E-state index contributed by atoms with van der Waals surface area (Å²) in [5.41, 5.74) is 2.79. The fourth-order valence-electron chi connectivity index (χ4n) is 3.67. The van der Waals surface area contributed by atoms with Crippen molar-refractivity contribution in [2.24, 2.45) is 17.3 Å². The van der Waals surface area contributed by atoms with Crippen molar-refractivity contribution in [3.8, 4) is 0 Å². The Morgan fingerprint density at radius 3 is 2.43 bits per heavy atom. The summed E-state index contributed by atoms with van der Waals surface area (Å²) in [6.45, 7) is 10.2. The summed E-state index contributed by atoms with van der Waals surface area (Å²) >= 11 is 0. The Labute approximate surface area is 139 Å². The van der Waals surface area contributed by atoms with Crippen LogP contribution in [-0.2, 0) is 4.79 Å². The molecule has 0 amide bonds. The van der Waals surface area contributed by atoms with E-state index in [4.69, 9.17) is 0 Å². The minimum absolute atomic E-state index is 0.220. The second kappa shape index (κ2) is 6.74. The summed E-state index contributed by atoms with van der Waals surface area (Å²) < 4.78 is 0. The van der Waals surface area contributed by atoms with E-state index in [-0.39, 0.29) is 11.2 Å². The summed E-state index contributed by atoms with van der Waals surface area (Å²) in [4.78, 5) is 12.3. The first-order valence-corrected chi connectivity index (χ1v) is 8.57. The van der Waals surface area contributed by atoms with E-state index in [0.29, 0.717) is 29.4 Å². The van der Waals surface area contributed by atoms with Gasteiger partial charge in [0.2, 0.25) is 0 Å². The predicted octanol–water partition coefficient (Wildman–Crippen LogP) is 3.57. The molecule has 0 aliphatic heterocycles. The zero-order chi connectivity index (χ0) is 17.4. The van der Waals surface area contributed by atoms with Crippen molar-refractivity contribution in [1.29, 1.82) is 0 Å². The molecule has 128 valence electrons. The van der Waals surface area contributed by atoms with E-state index in [1.165, 1.54) is 11.6 Å². The Hall–Kier alpha value is -1.19. The van der Waals surface area contributed by atoms with Crippen molar-refractivity contribution in [2.75, 3.05) is 0 Å². The highest BCUT2D eigenvalue weighted by atomic mass is 16.3. The van der Waals surface area contributed by atoms with E-state index in [1.807, 2.05) is 6.08 Å². The SMILES string of the molecule is C/C1=C/CC(O)/C(C)=C\C(O)C(=O)/C(C)=C\C2C(CC1)C2(C)C. The molecule has 4 atom stereocenters. The van der Waals surface area contributed by atoms with Crippen LogP contribution in [0.2, 0.25) is 0 Å².